The van der Waals surface area contributed by atoms with Crippen LogP contribution in [0.2, 0.25) is 0 Å². The summed E-state index contributed by atoms with van der Waals surface area (Å²) < 4.78 is 39.1. The van der Waals surface area contributed by atoms with Crippen LogP contribution in [0.5, 0.6) is 5.75 Å². The van der Waals surface area contributed by atoms with E-state index in [2.05, 4.69) is 4.74 Å². The number of amides is 2. The summed E-state index contributed by atoms with van der Waals surface area (Å²) >= 11 is 0.866. The molecule has 0 aromatic heterocycles. The molecule has 1 N–H and O–H groups in total. The second-order valence-corrected chi connectivity index (χ2v) is 7.00. The molecule has 1 saturated heterocycles. The van der Waals surface area contributed by atoms with Crippen molar-refractivity contribution >= 4 is 22.9 Å². The third-order valence-corrected chi connectivity index (χ3v) is 4.26. The lowest BCUT2D eigenvalue weighted by molar-refractivity contribution is -0.274. The predicted octanol–water partition coefficient (Wildman–Crippen LogP) is 3.09. The number of thioether (sulfide) groups is 1. The maximum absolute atomic E-state index is 12.1. The Morgan fingerprint density at radius 3 is 2.26 bits per heavy atom. The molecule has 1 unspecified atom stereocenters. The van der Waals surface area contributed by atoms with Gasteiger partial charge in [0.05, 0.1) is 17.4 Å². The van der Waals surface area contributed by atoms with Crippen LogP contribution in [0.1, 0.15) is 25.5 Å². The van der Waals surface area contributed by atoms with Gasteiger partial charge in [-0.25, -0.2) is 0 Å². The maximum atomic E-state index is 12.1. The molecular formula is C14H14F3NO4S. The highest BCUT2D eigenvalue weighted by molar-refractivity contribution is 8.16. The number of benzene rings is 1. The number of carbonyl (C=O) groups is 2. The average molecular weight is 349 g/mol. The van der Waals surface area contributed by atoms with Gasteiger partial charge < -0.3 is 9.84 Å². The summed E-state index contributed by atoms with van der Waals surface area (Å²) in [5, 5.41) is 9.63. The Bertz CT molecular complexity index is 615. The second kappa shape index (κ2) is 6.04. The van der Waals surface area contributed by atoms with Gasteiger partial charge in [-0.05, 0) is 43.3 Å². The zero-order valence-corrected chi connectivity index (χ0v) is 13.1. The number of carbonyl (C=O) groups excluding carboxylic acids is 2. The number of imide groups is 1. The van der Waals surface area contributed by atoms with Gasteiger partial charge in [0, 0.05) is 0 Å². The number of aliphatic hydroxyl groups is 1. The minimum atomic E-state index is -4.79. The smallest absolute Gasteiger partial charge is 0.406 e. The molecule has 0 spiro atoms. The molecule has 1 atom stereocenters. The van der Waals surface area contributed by atoms with Crippen molar-refractivity contribution in [3.8, 4) is 5.75 Å². The van der Waals surface area contributed by atoms with Gasteiger partial charge in [-0.15, -0.1) is 13.2 Å². The number of nitrogens with zero attached hydrogens (tertiary/aromatic N) is 1. The van der Waals surface area contributed by atoms with Crippen LogP contribution in [-0.4, -0.2) is 38.8 Å². The van der Waals surface area contributed by atoms with E-state index in [9.17, 15) is 27.9 Å². The molecule has 1 aromatic rings. The molecule has 9 heteroatoms. The van der Waals surface area contributed by atoms with Gasteiger partial charge >= 0.3 is 6.36 Å². The zero-order valence-electron chi connectivity index (χ0n) is 12.3. The normalized spacial score (nSPS) is 19.1. The number of hydrogen-bond donors (Lipinski definition) is 1. The average Bonchev–Trinajstić information content (AvgIpc) is 2.60. The molecule has 1 aromatic carbocycles. The highest BCUT2D eigenvalue weighted by Crippen LogP contribution is 2.37. The summed E-state index contributed by atoms with van der Waals surface area (Å²) in [7, 11) is 0. The Morgan fingerprint density at radius 2 is 1.83 bits per heavy atom. The predicted molar refractivity (Wildman–Crippen MR) is 76.9 cm³/mol. The van der Waals surface area contributed by atoms with E-state index in [0.29, 0.717) is 0 Å². The lowest BCUT2D eigenvalue weighted by Crippen LogP contribution is -2.38. The van der Waals surface area contributed by atoms with Gasteiger partial charge in [0.1, 0.15) is 5.75 Å². The first kappa shape index (κ1) is 17.6. The first-order valence-electron chi connectivity index (χ1n) is 6.58. The Balaban J connectivity index is 2.05. The van der Waals surface area contributed by atoms with Crippen molar-refractivity contribution in [3.63, 3.8) is 0 Å². The van der Waals surface area contributed by atoms with Crippen LogP contribution < -0.4 is 4.74 Å². The number of aliphatic hydroxyl groups excluding tert-OH is 1. The Kier molecular flexibility index (Phi) is 4.63. The summed E-state index contributed by atoms with van der Waals surface area (Å²) in [5.41, 5.74) is 0.273. The van der Waals surface area contributed by atoms with Gasteiger partial charge in [-0.2, -0.15) is 0 Å². The van der Waals surface area contributed by atoms with Gasteiger partial charge in [0.15, 0.2) is 0 Å². The molecule has 126 valence electrons. The third-order valence-electron chi connectivity index (χ3n) is 3.18. The van der Waals surface area contributed by atoms with E-state index in [-0.39, 0.29) is 12.1 Å². The fraction of sp³-hybridized carbons (Fsp3) is 0.429. The Morgan fingerprint density at radius 1 is 1.26 bits per heavy atom. The van der Waals surface area contributed by atoms with Crippen molar-refractivity contribution in [2.24, 2.45) is 0 Å². The van der Waals surface area contributed by atoms with E-state index in [4.69, 9.17) is 0 Å². The molecule has 1 fully saturated rings. The molecular weight excluding hydrogens is 335 g/mol. The van der Waals surface area contributed by atoms with Crippen LogP contribution in [0.15, 0.2) is 24.3 Å². The van der Waals surface area contributed by atoms with Crippen LogP contribution in [0.3, 0.4) is 0 Å². The highest BCUT2D eigenvalue weighted by atomic mass is 32.2. The van der Waals surface area contributed by atoms with Gasteiger partial charge in [-0.1, -0.05) is 12.1 Å². The van der Waals surface area contributed by atoms with E-state index >= 15 is 0 Å². The summed E-state index contributed by atoms with van der Waals surface area (Å²) in [6, 6.07) is 4.60. The second-order valence-electron chi connectivity index (χ2n) is 5.43. The number of alkyl halides is 3. The summed E-state index contributed by atoms with van der Waals surface area (Å²) in [5.74, 6) is -0.831. The van der Waals surface area contributed by atoms with Crippen LogP contribution in [-0.2, 0) is 4.79 Å². The van der Waals surface area contributed by atoms with E-state index in [1.165, 1.54) is 12.1 Å². The zero-order chi connectivity index (χ0) is 17.4. The molecule has 23 heavy (non-hydrogen) atoms. The van der Waals surface area contributed by atoms with Gasteiger partial charge in [-0.3, -0.25) is 14.5 Å². The van der Waals surface area contributed by atoms with Crippen molar-refractivity contribution in [2.45, 2.75) is 31.1 Å². The molecule has 0 aliphatic carbocycles. The Hall–Kier alpha value is -1.74. The highest BCUT2D eigenvalue weighted by Gasteiger charge is 2.46. The molecule has 1 aliphatic rings. The standard InChI is InChI=1S/C14H14F3NO4S/c1-13(2)11(20)18(12(21)23-13)7-10(19)8-3-5-9(6-4-8)22-14(15,16)17/h3-6,10,19H,7H2,1-2H3. The van der Waals surface area contributed by atoms with Crippen molar-refractivity contribution in [3.05, 3.63) is 29.8 Å². The minimum Gasteiger partial charge on any atom is -0.406 e. The SMILES string of the molecule is CC1(C)SC(=O)N(CC(O)c2ccc(OC(F)(F)F)cc2)C1=O. The number of rotatable bonds is 4. The Labute approximate surface area is 134 Å². The van der Waals surface area contributed by atoms with Crippen LogP contribution in [0.4, 0.5) is 18.0 Å². The number of hydrogen-bond acceptors (Lipinski definition) is 5. The number of β-amino-alcohol motifs (C(OH)–C–C–N with tert-alkyl or cyclic N) is 1. The number of halogens is 3. The van der Waals surface area contributed by atoms with E-state index in [1.807, 2.05) is 0 Å². The molecule has 0 bridgehead atoms. The van der Waals surface area contributed by atoms with Crippen molar-refractivity contribution in [1.82, 2.24) is 4.90 Å². The molecule has 5 nitrogen and oxygen atoms in total. The maximum Gasteiger partial charge on any atom is 0.573 e. The molecule has 1 aliphatic heterocycles. The van der Waals surface area contributed by atoms with Gasteiger partial charge in [0.2, 0.25) is 5.91 Å². The van der Waals surface area contributed by atoms with E-state index in [1.54, 1.807) is 13.8 Å². The molecule has 1 heterocycles. The van der Waals surface area contributed by atoms with Crippen molar-refractivity contribution < 1.29 is 32.6 Å². The fourth-order valence-electron chi connectivity index (χ4n) is 2.05. The fourth-order valence-corrected chi connectivity index (χ4v) is 2.95. The first-order chi connectivity index (χ1) is 10.5. The largest absolute Gasteiger partial charge is 0.573 e. The third kappa shape index (κ3) is 4.17. The van der Waals surface area contributed by atoms with Crippen LogP contribution in [0, 0.1) is 0 Å². The summed E-state index contributed by atoms with van der Waals surface area (Å²) in [6.45, 7) is 2.95. The van der Waals surface area contributed by atoms with Crippen molar-refractivity contribution in [2.75, 3.05) is 6.54 Å². The summed E-state index contributed by atoms with van der Waals surface area (Å²) in [6.07, 6.45) is -5.99. The van der Waals surface area contributed by atoms with Crippen LogP contribution in [0.25, 0.3) is 0 Å². The van der Waals surface area contributed by atoms with E-state index in [0.717, 1.165) is 28.8 Å². The van der Waals surface area contributed by atoms with Crippen molar-refractivity contribution in [1.29, 1.82) is 0 Å². The van der Waals surface area contributed by atoms with Crippen LogP contribution >= 0.6 is 11.8 Å². The molecule has 2 rings (SSSR count). The lowest BCUT2D eigenvalue weighted by Gasteiger charge is -2.20. The monoisotopic (exact) mass is 349 g/mol. The topological polar surface area (TPSA) is 66.8 Å². The molecule has 0 radical (unpaired) electrons. The van der Waals surface area contributed by atoms with E-state index < -0.39 is 34.1 Å². The quantitative estimate of drug-likeness (QED) is 0.905. The number of ether oxygens (including phenoxy) is 1. The minimum absolute atomic E-state index is 0.256. The molecule has 0 saturated carbocycles. The first-order valence-corrected chi connectivity index (χ1v) is 7.40. The molecule has 2 amide bonds. The van der Waals surface area contributed by atoms with Gasteiger partial charge in [0.25, 0.3) is 5.24 Å². The lowest BCUT2D eigenvalue weighted by atomic mass is 10.1. The summed E-state index contributed by atoms with van der Waals surface area (Å²) in [4.78, 5) is 24.8.